The first kappa shape index (κ1) is 24.9. The van der Waals surface area contributed by atoms with Crippen LogP contribution >= 0.6 is 11.8 Å². The van der Waals surface area contributed by atoms with Crippen LogP contribution in [0.2, 0.25) is 0 Å². The molecular formula is C27H35N3O3S. The zero-order valence-electron chi connectivity index (χ0n) is 19.8. The molecule has 3 aromatic rings. The van der Waals surface area contributed by atoms with Gasteiger partial charge in [0.1, 0.15) is 5.75 Å². The number of benzene rings is 1. The van der Waals surface area contributed by atoms with Crippen molar-refractivity contribution in [1.82, 2.24) is 14.9 Å². The number of nitrogens with zero attached hydrogens (tertiary/aromatic N) is 3. The van der Waals surface area contributed by atoms with Gasteiger partial charge in [-0.15, -0.1) is 11.8 Å². The van der Waals surface area contributed by atoms with Gasteiger partial charge in [0.15, 0.2) is 0 Å². The summed E-state index contributed by atoms with van der Waals surface area (Å²) in [4.78, 5) is 11.3. The maximum atomic E-state index is 11.0. The Hall–Kier alpha value is -2.19. The molecule has 1 aromatic carbocycles. The van der Waals surface area contributed by atoms with Crippen molar-refractivity contribution in [2.24, 2.45) is 11.8 Å². The molecule has 3 heterocycles. The minimum atomic E-state index is -0.557. The van der Waals surface area contributed by atoms with E-state index in [0.29, 0.717) is 12.3 Å². The van der Waals surface area contributed by atoms with E-state index in [1.54, 1.807) is 25.1 Å². The van der Waals surface area contributed by atoms with E-state index in [1.807, 2.05) is 42.6 Å². The average molecular weight is 482 g/mol. The Morgan fingerprint density at radius 2 is 2.06 bits per heavy atom. The number of pyridine rings is 2. The van der Waals surface area contributed by atoms with E-state index in [2.05, 4.69) is 20.9 Å². The number of hydrogen-bond acceptors (Lipinski definition) is 7. The van der Waals surface area contributed by atoms with Crippen LogP contribution in [0.4, 0.5) is 0 Å². The average Bonchev–Trinajstić information content (AvgIpc) is 2.89. The van der Waals surface area contributed by atoms with Gasteiger partial charge in [0.2, 0.25) is 0 Å². The van der Waals surface area contributed by atoms with Crippen molar-refractivity contribution in [1.29, 1.82) is 0 Å². The van der Waals surface area contributed by atoms with Crippen molar-refractivity contribution in [2.45, 2.75) is 36.8 Å². The van der Waals surface area contributed by atoms with Crippen LogP contribution in [-0.4, -0.2) is 64.2 Å². The smallest absolute Gasteiger partial charge is 0.119 e. The van der Waals surface area contributed by atoms with Gasteiger partial charge in [-0.3, -0.25) is 4.98 Å². The summed E-state index contributed by atoms with van der Waals surface area (Å²) in [5.41, 5.74) is 1.76. The minimum Gasteiger partial charge on any atom is -0.497 e. The molecule has 7 heteroatoms. The topological polar surface area (TPSA) is 78.7 Å². The number of rotatable bonds is 11. The molecule has 0 radical (unpaired) electrons. The standard InChI is InChI=1S/C27H35N3O3S/c1-33-22-7-8-25-24(17-22)23(10-13-28-25)26(32)9-6-20-11-15-30(18-21(20)19-31)14-4-16-34-27-5-2-3-12-29-27/h2-3,5,7-8,10,12-13,17,20-21,26,31-32H,4,6,9,11,14-16,18-19H2,1H3/t20-,21-,26?/m1/s1. The number of aliphatic hydroxyl groups is 2. The molecule has 4 rings (SSSR count). The molecule has 0 aliphatic carbocycles. The maximum Gasteiger partial charge on any atom is 0.119 e. The number of piperidine rings is 1. The molecule has 6 nitrogen and oxygen atoms in total. The summed E-state index contributed by atoms with van der Waals surface area (Å²) in [6, 6.07) is 13.7. The molecule has 0 saturated carbocycles. The van der Waals surface area contributed by atoms with Gasteiger partial charge in [-0.25, -0.2) is 4.98 Å². The van der Waals surface area contributed by atoms with E-state index in [-0.39, 0.29) is 12.5 Å². The first-order valence-electron chi connectivity index (χ1n) is 12.2. The molecule has 0 amide bonds. The first-order chi connectivity index (χ1) is 16.7. The van der Waals surface area contributed by atoms with Gasteiger partial charge in [-0.2, -0.15) is 0 Å². The number of likely N-dealkylation sites (tertiary alicyclic amines) is 1. The van der Waals surface area contributed by atoms with Gasteiger partial charge in [0.25, 0.3) is 0 Å². The van der Waals surface area contributed by atoms with Crippen molar-refractivity contribution in [2.75, 3.05) is 39.1 Å². The lowest BCUT2D eigenvalue weighted by Crippen LogP contribution is -2.42. The van der Waals surface area contributed by atoms with E-state index in [1.165, 1.54) is 0 Å². The van der Waals surface area contributed by atoms with Crippen LogP contribution in [0.3, 0.4) is 0 Å². The van der Waals surface area contributed by atoms with E-state index in [4.69, 9.17) is 4.74 Å². The van der Waals surface area contributed by atoms with Gasteiger partial charge in [-0.05, 0) is 92.6 Å². The van der Waals surface area contributed by atoms with Crippen molar-refractivity contribution >= 4 is 22.7 Å². The molecule has 1 unspecified atom stereocenters. The highest BCUT2D eigenvalue weighted by atomic mass is 32.2. The van der Waals surface area contributed by atoms with Crippen LogP contribution in [0, 0.1) is 11.8 Å². The molecule has 1 aliphatic heterocycles. The molecule has 0 spiro atoms. The summed E-state index contributed by atoms with van der Waals surface area (Å²) in [5.74, 6) is 2.51. The van der Waals surface area contributed by atoms with Crippen molar-refractivity contribution in [3.05, 3.63) is 60.4 Å². The first-order valence-corrected chi connectivity index (χ1v) is 13.1. The van der Waals surface area contributed by atoms with Crippen LogP contribution in [0.5, 0.6) is 5.75 Å². The lowest BCUT2D eigenvalue weighted by molar-refractivity contribution is 0.0581. The predicted octanol–water partition coefficient (Wildman–Crippen LogP) is 4.56. The predicted molar refractivity (Wildman–Crippen MR) is 137 cm³/mol. The normalized spacial score (nSPS) is 19.9. The fourth-order valence-corrected chi connectivity index (χ4v) is 5.73. The number of aromatic nitrogens is 2. The third-order valence-electron chi connectivity index (χ3n) is 6.87. The number of thioether (sulfide) groups is 1. The lowest BCUT2D eigenvalue weighted by Gasteiger charge is -2.38. The summed E-state index contributed by atoms with van der Waals surface area (Å²) >= 11 is 1.80. The number of fused-ring (bicyclic) bond motifs is 1. The fourth-order valence-electron chi connectivity index (χ4n) is 4.93. The molecule has 1 fully saturated rings. The van der Waals surface area contributed by atoms with E-state index in [9.17, 15) is 10.2 Å². The fraction of sp³-hybridized carbons (Fsp3) is 0.481. The maximum absolute atomic E-state index is 11.0. The Balaban J connectivity index is 1.26. The Morgan fingerprint density at radius 3 is 2.85 bits per heavy atom. The zero-order chi connectivity index (χ0) is 23.8. The Kier molecular flexibility index (Phi) is 9.16. The van der Waals surface area contributed by atoms with Gasteiger partial charge in [0, 0.05) is 36.7 Å². The quantitative estimate of drug-likeness (QED) is 0.307. The molecule has 182 valence electrons. The molecule has 2 aromatic heterocycles. The van der Waals surface area contributed by atoms with Crippen LogP contribution in [-0.2, 0) is 0 Å². The molecule has 1 saturated heterocycles. The van der Waals surface area contributed by atoms with Gasteiger partial charge >= 0.3 is 0 Å². The second-order valence-electron chi connectivity index (χ2n) is 9.04. The van der Waals surface area contributed by atoms with Crippen molar-refractivity contribution in [3.8, 4) is 5.75 Å². The van der Waals surface area contributed by atoms with Gasteiger partial charge in [0.05, 0.1) is 23.8 Å². The minimum absolute atomic E-state index is 0.204. The SMILES string of the molecule is COc1ccc2nccc(C(O)CC[C@@H]3CCN(CCCSc4ccccn4)C[C@@H]3CO)c2c1. The third kappa shape index (κ3) is 6.48. The monoisotopic (exact) mass is 481 g/mol. The summed E-state index contributed by atoms with van der Waals surface area (Å²) < 4.78 is 5.36. The lowest BCUT2D eigenvalue weighted by atomic mass is 9.81. The summed E-state index contributed by atoms with van der Waals surface area (Å²) in [7, 11) is 1.65. The summed E-state index contributed by atoms with van der Waals surface area (Å²) in [5, 5.41) is 23.1. The number of methoxy groups -OCH3 is 1. The van der Waals surface area contributed by atoms with Crippen molar-refractivity contribution in [3.63, 3.8) is 0 Å². The summed E-state index contributed by atoms with van der Waals surface area (Å²) in [6.45, 7) is 3.24. The molecule has 2 N–H and O–H groups in total. The molecule has 1 aliphatic rings. The van der Waals surface area contributed by atoms with Crippen LogP contribution in [0.25, 0.3) is 10.9 Å². The van der Waals surface area contributed by atoms with Crippen molar-refractivity contribution < 1.29 is 14.9 Å². The second-order valence-corrected chi connectivity index (χ2v) is 10.2. The Labute approximate surface area is 206 Å². The number of ether oxygens (including phenoxy) is 1. The highest BCUT2D eigenvalue weighted by molar-refractivity contribution is 7.99. The highest BCUT2D eigenvalue weighted by Crippen LogP contribution is 2.33. The van der Waals surface area contributed by atoms with Crippen LogP contribution in [0.15, 0.2) is 59.9 Å². The molecule has 34 heavy (non-hydrogen) atoms. The number of aliphatic hydroxyl groups excluding tert-OH is 2. The van der Waals surface area contributed by atoms with Gasteiger partial charge < -0.3 is 19.8 Å². The molecular weight excluding hydrogens is 446 g/mol. The van der Waals surface area contributed by atoms with E-state index in [0.717, 1.165) is 71.9 Å². The molecule has 3 atom stereocenters. The Morgan fingerprint density at radius 1 is 1.15 bits per heavy atom. The highest BCUT2D eigenvalue weighted by Gasteiger charge is 2.29. The third-order valence-corrected chi connectivity index (χ3v) is 7.90. The largest absolute Gasteiger partial charge is 0.497 e. The Bertz CT molecular complexity index is 1040. The summed E-state index contributed by atoms with van der Waals surface area (Å²) in [6.07, 6.45) is 6.80. The zero-order valence-corrected chi connectivity index (χ0v) is 20.7. The second kappa shape index (κ2) is 12.5. The van der Waals surface area contributed by atoms with Crippen LogP contribution in [0.1, 0.15) is 37.4 Å². The molecule has 0 bridgehead atoms. The van der Waals surface area contributed by atoms with E-state index < -0.39 is 6.10 Å². The van der Waals surface area contributed by atoms with Gasteiger partial charge in [-0.1, -0.05) is 6.07 Å². The van der Waals surface area contributed by atoms with E-state index >= 15 is 0 Å². The van der Waals surface area contributed by atoms with Crippen LogP contribution < -0.4 is 4.74 Å². The number of hydrogen-bond donors (Lipinski definition) is 2.